The van der Waals surface area contributed by atoms with Gasteiger partial charge >= 0.3 is 0 Å². The molecule has 0 saturated carbocycles. The van der Waals surface area contributed by atoms with E-state index in [1.165, 1.54) is 18.3 Å². The number of rotatable bonds is 0. The molecule has 4 nitrogen and oxygen atoms in total. The van der Waals surface area contributed by atoms with Crippen molar-refractivity contribution >= 4 is 16.5 Å². The summed E-state index contributed by atoms with van der Waals surface area (Å²) in [5.41, 5.74) is 5.87. The number of nitrogens with one attached hydrogen (secondary N) is 1. The number of pyridine rings is 1. The lowest BCUT2D eigenvalue weighted by molar-refractivity contribution is 0.476. The van der Waals surface area contributed by atoms with Gasteiger partial charge in [0.1, 0.15) is 5.75 Å². The SMILES string of the molecule is Nc1c[nH]c(=O)c2cc(O)ccc12. The lowest BCUT2D eigenvalue weighted by atomic mass is 10.1. The number of aromatic amines is 1. The molecule has 4 N–H and O–H groups in total. The highest BCUT2D eigenvalue weighted by atomic mass is 16.3. The zero-order chi connectivity index (χ0) is 9.42. The first-order chi connectivity index (χ1) is 6.18. The van der Waals surface area contributed by atoms with Crippen LogP contribution in [0.1, 0.15) is 0 Å². The van der Waals surface area contributed by atoms with Crippen molar-refractivity contribution in [3.8, 4) is 5.75 Å². The number of nitrogen functional groups attached to an aromatic ring is 1. The molecule has 0 radical (unpaired) electrons. The molecule has 0 amide bonds. The monoisotopic (exact) mass is 176 g/mol. The van der Waals surface area contributed by atoms with Crippen molar-refractivity contribution in [2.75, 3.05) is 5.73 Å². The molecule has 66 valence electrons. The lowest BCUT2D eigenvalue weighted by Gasteiger charge is -2.00. The van der Waals surface area contributed by atoms with Gasteiger partial charge in [-0.2, -0.15) is 0 Å². The minimum absolute atomic E-state index is 0.0589. The number of anilines is 1. The highest BCUT2D eigenvalue weighted by Gasteiger charge is 2.02. The first kappa shape index (κ1) is 7.67. The number of phenols is 1. The molecule has 1 aromatic carbocycles. The predicted octanol–water partition coefficient (Wildman–Crippen LogP) is 0.816. The fourth-order valence-corrected chi connectivity index (χ4v) is 1.27. The van der Waals surface area contributed by atoms with Gasteiger partial charge in [-0.25, -0.2) is 0 Å². The van der Waals surface area contributed by atoms with E-state index in [9.17, 15) is 4.79 Å². The summed E-state index contributed by atoms with van der Waals surface area (Å²) in [6.07, 6.45) is 1.45. The molecule has 0 atom stereocenters. The van der Waals surface area contributed by atoms with E-state index in [1.54, 1.807) is 6.07 Å². The van der Waals surface area contributed by atoms with Gasteiger partial charge in [0.2, 0.25) is 0 Å². The normalized spacial score (nSPS) is 10.5. The Hall–Kier alpha value is -1.97. The maximum Gasteiger partial charge on any atom is 0.256 e. The summed E-state index contributed by atoms with van der Waals surface area (Å²) in [6, 6.07) is 4.51. The van der Waals surface area contributed by atoms with E-state index in [-0.39, 0.29) is 11.3 Å². The number of benzene rings is 1. The third-order valence-corrected chi connectivity index (χ3v) is 1.92. The molecule has 0 saturated heterocycles. The van der Waals surface area contributed by atoms with Crippen molar-refractivity contribution in [1.82, 2.24) is 4.98 Å². The Kier molecular flexibility index (Phi) is 1.48. The minimum atomic E-state index is -0.250. The van der Waals surface area contributed by atoms with Crippen LogP contribution in [0.15, 0.2) is 29.2 Å². The molecule has 0 fully saturated rings. The van der Waals surface area contributed by atoms with E-state index in [4.69, 9.17) is 10.8 Å². The van der Waals surface area contributed by atoms with Crippen LogP contribution in [-0.4, -0.2) is 10.1 Å². The van der Waals surface area contributed by atoms with Gasteiger partial charge in [-0.3, -0.25) is 4.79 Å². The largest absolute Gasteiger partial charge is 0.508 e. The highest BCUT2D eigenvalue weighted by Crippen LogP contribution is 2.20. The van der Waals surface area contributed by atoms with E-state index in [0.717, 1.165) is 0 Å². The van der Waals surface area contributed by atoms with Gasteiger partial charge in [-0.1, -0.05) is 0 Å². The number of hydrogen-bond acceptors (Lipinski definition) is 3. The van der Waals surface area contributed by atoms with Crippen molar-refractivity contribution < 1.29 is 5.11 Å². The molecule has 0 bridgehead atoms. The minimum Gasteiger partial charge on any atom is -0.508 e. The second-order valence-corrected chi connectivity index (χ2v) is 2.80. The van der Waals surface area contributed by atoms with Gasteiger partial charge in [0.25, 0.3) is 5.56 Å². The Morgan fingerprint density at radius 3 is 2.85 bits per heavy atom. The van der Waals surface area contributed by atoms with E-state index in [0.29, 0.717) is 16.5 Å². The molecular formula is C9H8N2O2. The van der Waals surface area contributed by atoms with Gasteiger partial charge < -0.3 is 15.8 Å². The summed E-state index contributed by atoms with van der Waals surface area (Å²) < 4.78 is 0. The summed E-state index contributed by atoms with van der Waals surface area (Å²) >= 11 is 0. The number of hydrogen-bond donors (Lipinski definition) is 3. The van der Waals surface area contributed by atoms with E-state index in [1.807, 2.05) is 0 Å². The first-order valence-electron chi connectivity index (χ1n) is 3.78. The number of nitrogens with two attached hydrogens (primary N) is 1. The van der Waals surface area contributed by atoms with Gasteiger partial charge in [0.15, 0.2) is 0 Å². The van der Waals surface area contributed by atoms with Crippen molar-refractivity contribution in [3.05, 3.63) is 34.7 Å². The Morgan fingerprint density at radius 2 is 2.08 bits per heavy atom. The smallest absolute Gasteiger partial charge is 0.256 e. The Balaban J connectivity index is 3.01. The Labute approximate surface area is 73.6 Å². The van der Waals surface area contributed by atoms with E-state index in [2.05, 4.69) is 4.98 Å². The molecule has 1 heterocycles. The molecule has 2 rings (SSSR count). The number of fused-ring (bicyclic) bond motifs is 1. The van der Waals surface area contributed by atoms with Crippen LogP contribution in [0.3, 0.4) is 0 Å². The topological polar surface area (TPSA) is 79.1 Å². The number of aromatic hydroxyl groups is 1. The summed E-state index contributed by atoms with van der Waals surface area (Å²) in [4.78, 5) is 13.7. The van der Waals surface area contributed by atoms with Crippen molar-refractivity contribution in [1.29, 1.82) is 0 Å². The van der Waals surface area contributed by atoms with Gasteiger partial charge in [-0.15, -0.1) is 0 Å². The average Bonchev–Trinajstić information content (AvgIpc) is 2.12. The molecule has 0 aliphatic heterocycles. The lowest BCUT2D eigenvalue weighted by Crippen LogP contribution is -2.06. The number of H-pyrrole nitrogens is 1. The molecule has 13 heavy (non-hydrogen) atoms. The Bertz CT molecular complexity index is 516. The van der Waals surface area contributed by atoms with Crippen LogP contribution in [0.25, 0.3) is 10.8 Å². The second-order valence-electron chi connectivity index (χ2n) is 2.80. The van der Waals surface area contributed by atoms with Crippen molar-refractivity contribution in [2.24, 2.45) is 0 Å². The fourth-order valence-electron chi connectivity index (χ4n) is 1.27. The fraction of sp³-hybridized carbons (Fsp3) is 0. The summed E-state index contributed by atoms with van der Waals surface area (Å²) in [5.74, 6) is 0.0589. The molecule has 2 aromatic rings. The first-order valence-corrected chi connectivity index (χ1v) is 3.78. The van der Waals surface area contributed by atoms with Crippen LogP contribution in [-0.2, 0) is 0 Å². The Morgan fingerprint density at radius 1 is 1.31 bits per heavy atom. The van der Waals surface area contributed by atoms with Crippen LogP contribution in [0.5, 0.6) is 5.75 Å². The van der Waals surface area contributed by atoms with Crippen LogP contribution >= 0.6 is 0 Å². The molecule has 0 aliphatic rings. The van der Waals surface area contributed by atoms with Gasteiger partial charge in [0, 0.05) is 11.6 Å². The van der Waals surface area contributed by atoms with E-state index < -0.39 is 0 Å². The van der Waals surface area contributed by atoms with Crippen molar-refractivity contribution in [2.45, 2.75) is 0 Å². The maximum absolute atomic E-state index is 11.3. The van der Waals surface area contributed by atoms with Crippen LogP contribution in [0.2, 0.25) is 0 Å². The third kappa shape index (κ3) is 1.12. The summed E-state index contributed by atoms with van der Waals surface area (Å²) in [6.45, 7) is 0. The van der Waals surface area contributed by atoms with E-state index >= 15 is 0 Å². The van der Waals surface area contributed by atoms with Crippen LogP contribution < -0.4 is 11.3 Å². The average molecular weight is 176 g/mol. The molecule has 0 unspecified atom stereocenters. The summed E-state index contributed by atoms with van der Waals surface area (Å²) in [5, 5.41) is 10.2. The zero-order valence-corrected chi connectivity index (χ0v) is 6.74. The summed E-state index contributed by atoms with van der Waals surface area (Å²) in [7, 11) is 0. The van der Waals surface area contributed by atoms with Gasteiger partial charge in [0.05, 0.1) is 11.1 Å². The third-order valence-electron chi connectivity index (χ3n) is 1.92. The maximum atomic E-state index is 11.3. The highest BCUT2D eigenvalue weighted by molar-refractivity contribution is 5.92. The van der Waals surface area contributed by atoms with Gasteiger partial charge in [-0.05, 0) is 18.2 Å². The standard InChI is InChI=1S/C9H8N2O2/c10-8-4-11-9(13)7-3-5(12)1-2-6(7)8/h1-4,12H,10H2,(H,11,13). The van der Waals surface area contributed by atoms with Crippen LogP contribution in [0, 0.1) is 0 Å². The molecule has 0 aliphatic carbocycles. The quantitative estimate of drug-likeness (QED) is 0.555. The zero-order valence-electron chi connectivity index (χ0n) is 6.74. The molecular weight excluding hydrogens is 168 g/mol. The predicted molar refractivity (Wildman–Crippen MR) is 50.6 cm³/mol. The number of phenolic OH excluding ortho intramolecular Hbond substituents is 1. The van der Waals surface area contributed by atoms with Crippen molar-refractivity contribution in [3.63, 3.8) is 0 Å². The molecule has 4 heteroatoms. The molecule has 0 spiro atoms. The second kappa shape index (κ2) is 2.52. The van der Waals surface area contributed by atoms with Crippen LogP contribution in [0.4, 0.5) is 5.69 Å². The number of aromatic nitrogens is 1. The molecule has 1 aromatic heterocycles.